The van der Waals surface area contributed by atoms with Crippen LogP contribution in [0.2, 0.25) is 0 Å². The lowest BCUT2D eigenvalue weighted by molar-refractivity contribution is 0.669. The monoisotopic (exact) mass is 640 g/mol. The van der Waals surface area contributed by atoms with Gasteiger partial charge in [0, 0.05) is 43.9 Å². The van der Waals surface area contributed by atoms with E-state index < -0.39 is 0 Å². The number of hydrogen-bond acceptors (Lipinski definition) is 4. The van der Waals surface area contributed by atoms with Crippen molar-refractivity contribution in [2.45, 2.75) is 0 Å². The van der Waals surface area contributed by atoms with Crippen LogP contribution < -0.4 is 0 Å². The van der Waals surface area contributed by atoms with E-state index >= 15 is 0 Å². The van der Waals surface area contributed by atoms with E-state index in [0.717, 1.165) is 71.9 Å². The second-order valence-electron chi connectivity index (χ2n) is 12.5. The molecule has 7 aromatic carbocycles. The Morgan fingerprint density at radius 2 is 0.920 bits per heavy atom. The normalized spacial score (nSPS) is 11.6. The van der Waals surface area contributed by atoms with E-state index in [1.807, 2.05) is 48.5 Å². The lowest BCUT2D eigenvalue weighted by atomic mass is 10.0. The van der Waals surface area contributed by atoms with Crippen LogP contribution in [-0.2, 0) is 0 Å². The fourth-order valence-corrected chi connectivity index (χ4v) is 7.06. The highest BCUT2D eigenvalue weighted by Gasteiger charge is 2.18. The van der Waals surface area contributed by atoms with Crippen molar-refractivity contribution in [1.82, 2.24) is 19.5 Å². The summed E-state index contributed by atoms with van der Waals surface area (Å²) in [5, 5.41) is 4.54. The predicted molar refractivity (Wildman–Crippen MR) is 203 cm³/mol. The third-order valence-corrected chi connectivity index (χ3v) is 9.45. The number of furan rings is 1. The second-order valence-corrected chi connectivity index (χ2v) is 12.5. The summed E-state index contributed by atoms with van der Waals surface area (Å²) in [6, 6.07) is 58.6. The van der Waals surface area contributed by atoms with E-state index in [9.17, 15) is 0 Å². The van der Waals surface area contributed by atoms with Gasteiger partial charge < -0.3 is 8.98 Å². The van der Waals surface area contributed by atoms with E-state index in [1.165, 1.54) is 5.39 Å². The average molecular weight is 641 g/mol. The SMILES string of the molecule is c1ccc(-c2cccc(-c3nc(-c4ccccc4)nc(-c4ccc5c6ccccc6n(-c6ccc7oc8ccccc8c7c6)c5c4)n3)c2)cc1. The van der Waals surface area contributed by atoms with Crippen molar-refractivity contribution in [3.05, 3.63) is 170 Å². The molecule has 0 unspecified atom stereocenters. The Kier molecular flexibility index (Phi) is 6.42. The molecule has 234 valence electrons. The predicted octanol–water partition coefficient (Wildman–Crippen LogP) is 11.5. The van der Waals surface area contributed by atoms with Gasteiger partial charge in [-0.2, -0.15) is 0 Å². The van der Waals surface area contributed by atoms with Gasteiger partial charge in [0.25, 0.3) is 0 Å². The summed E-state index contributed by atoms with van der Waals surface area (Å²) in [7, 11) is 0. The first-order valence-corrected chi connectivity index (χ1v) is 16.7. The molecule has 0 radical (unpaired) electrons. The molecule has 0 saturated carbocycles. The molecule has 0 aliphatic carbocycles. The smallest absolute Gasteiger partial charge is 0.164 e. The van der Waals surface area contributed by atoms with Crippen LogP contribution in [0.25, 0.3) is 94.7 Å². The highest BCUT2D eigenvalue weighted by atomic mass is 16.3. The number of benzene rings is 7. The molecule has 0 aliphatic heterocycles. The molecule has 5 heteroatoms. The Balaban J connectivity index is 1.18. The first kappa shape index (κ1) is 28.2. The van der Waals surface area contributed by atoms with Crippen LogP contribution in [-0.4, -0.2) is 19.5 Å². The van der Waals surface area contributed by atoms with Crippen molar-refractivity contribution < 1.29 is 4.42 Å². The van der Waals surface area contributed by atoms with Crippen molar-refractivity contribution in [3.63, 3.8) is 0 Å². The molecule has 3 heterocycles. The zero-order valence-corrected chi connectivity index (χ0v) is 26.9. The van der Waals surface area contributed by atoms with Crippen LogP contribution in [0.3, 0.4) is 0 Å². The van der Waals surface area contributed by atoms with E-state index in [2.05, 4.69) is 126 Å². The van der Waals surface area contributed by atoms with Crippen LogP contribution in [0.4, 0.5) is 0 Å². The molecule has 3 aromatic heterocycles. The Hall–Kier alpha value is -6.85. The first-order chi connectivity index (χ1) is 24.8. The quantitative estimate of drug-likeness (QED) is 0.188. The van der Waals surface area contributed by atoms with Gasteiger partial charge in [-0.1, -0.05) is 127 Å². The van der Waals surface area contributed by atoms with Gasteiger partial charge in [0.15, 0.2) is 17.5 Å². The third kappa shape index (κ3) is 4.67. The minimum absolute atomic E-state index is 0.619. The van der Waals surface area contributed by atoms with Crippen molar-refractivity contribution in [2.24, 2.45) is 0 Å². The standard InChI is InChI=1S/C45H28N4O/c1-3-12-29(13-4-1)31-16-11-17-32(26-31)44-46-43(30-14-5-2-6-15-30)47-45(48-44)33-22-24-36-35-18-7-9-20-39(35)49(40(36)27-33)34-23-25-42-38(28-34)37-19-8-10-21-41(37)50-42/h1-28H. The summed E-state index contributed by atoms with van der Waals surface area (Å²) in [4.78, 5) is 15.2. The van der Waals surface area contributed by atoms with Crippen molar-refractivity contribution in [1.29, 1.82) is 0 Å². The molecule has 10 aromatic rings. The molecule has 0 bridgehead atoms. The molecule has 10 rings (SSSR count). The van der Waals surface area contributed by atoms with Crippen LogP contribution >= 0.6 is 0 Å². The molecule has 5 nitrogen and oxygen atoms in total. The van der Waals surface area contributed by atoms with Gasteiger partial charge in [-0.3, -0.25) is 0 Å². The van der Waals surface area contributed by atoms with E-state index in [4.69, 9.17) is 19.4 Å². The molecule has 50 heavy (non-hydrogen) atoms. The Bertz CT molecular complexity index is 2870. The second kappa shape index (κ2) is 11.4. The van der Waals surface area contributed by atoms with E-state index in [1.54, 1.807) is 0 Å². The Morgan fingerprint density at radius 1 is 0.340 bits per heavy atom. The van der Waals surface area contributed by atoms with E-state index in [-0.39, 0.29) is 0 Å². The molecule has 0 amide bonds. The van der Waals surface area contributed by atoms with Gasteiger partial charge in [0.05, 0.1) is 11.0 Å². The molecule has 0 saturated heterocycles. The van der Waals surface area contributed by atoms with Crippen molar-refractivity contribution >= 4 is 43.7 Å². The summed E-state index contributed by atoms with van der Waals surface area (Å²) in [6.07, 6.45) is 0. The molecule has 0 spiro atoms. The topological polar surface area (TPSA) is 56.7 Å². The lowest BCUT2D eigenvalue weighted by Gasteiger charge is -2.11. The summed E-state index contributed by atoms with van der Waals surface area (Å²) in [6.45, 7) is 0. The summed E-state index contributed by atoms with van der Waals surface area (Å²) in [5.74, 6) is 1.88. The van der Waals surface area contributed by atoms with Gasteiger partial charge in [-0.25, -0.2) is 15.0 Å². The minimum Gasteiger partial charge on any atom is -0.456 e. The molecule has 0 aliphatic rings. The van der Waals surface area contributed by atoms with Crippen molar-refractivity contribution in [3.8, 4) is 51.0 Å². The summed E-state index contributed by atoms with van der Waals surface area (Å²) in [5.41, 5.74) is 10.1. The molecule has 0 N–H and O–H groups in total. The highest BCUT2D eigenvalue weighted by Crippen LogP contribution is 2.37. The molecular formula is C45H28N4O. The maximum atomic E-state index is 6.17. The van der Waals surface area contributed by atoms with Crippen LogP contribution in [0.5, 0.6) is 0 Å². The number of fused-ring (bicyclic) bond motifs is 6. The maximum absolute atomic E-state index is 6.17. The number of hydrogen-bond donors (Lipinski definition) is 0. The zero-order chi connectivity index (χ0) is 33.0. The fraction of sp³-hybridized carbons (Fsp3) is 0. The Labute approximate surface area is 287 Å². The van der Waals surface area contributed by atoms with Crippen LogP contribution in [0.15, 0.2) is 174 Å². The molecule has 0 atom stereocenters. The van der Waals surface area contributed by atoms with Gasteiger partial charge >= 0.3 is 0 Å². The van der Waals surface area contributed by atoms with Gasteiger partial charge in [0.2, 0.25) is 0 Å². The largest absolute Gasteiger partial charge is 0.456 e. The summed E-state index contributed by atoms with van der Waals surface area (Å²) >= 11 is 0. The van der Waals surface area contributed by atoms with Gasteiger partial charge in [0.1, 0.15) is 11.2 Å². The van der Waals surface area contributed by atoms with E-state index in [0.29, 0.717) is 17.5 Å². The average Bonchev–Trinajstić information content (AvgIpc) is 3.73. The van der Waals surface area contributed by atoms with Gasteiger partial charge in [-0.15, -0.1) is 0 Å². The number of nitrogens with zero attached hydrogens (tertiary/aromatic N) is 4. The number of para-hydroxylation sites is 2. The lowest BCUT2D eigenvalue weighted by Crippen LogP contribution is -2.00. The minimum atomic E-state index is 0.619. The van der Waals surface area contributed by atoms with Crippen LogP contribution in [0.1, 0.15) is 0 Å². The fourth-order valence-electron chi connectivity index (χ4n) is 7.06. The van der Waals surface area contributed by atoms with Crippen molar-refractivity contribution in [2.75, 3.05) is 0 Å². The molecule has 0 fully saturated rings. The first-order valence-electron chi connectivity index (χ1n) is 16.7. The maximum Gasteiger partial charge on any atom is 0.164 e. The number of aromatic nitrogens is 4. The highest BCUT2D eigenvalue weighted by molar-refractivity contribution is 6.11. The molecular weight excluding hydrogens is 613 g/mol. The van der Waals surface area contributed by atoms with Gasteiger partial charge in [-0.05, 0) is 53.6 Å². The zero-order valence-electron chi connectivity index (χ0n) is 26.9. The van der Waals surface area contributed by atoms with Crippen LogP contribution in [0, 0.1) is 0 Å². The summed E-state index contributed by atoms with van der Waals surface area (Å²) < 4.78 is 8.51. The third-order valence-electron chi connectivity index (χ3n) is 9.45. The number of rotatable bonds is 5. The Morgan fingerprint density at radius 3 is 1.72 bits per heavy atom.